The fourth-order valence-electron chi connectivity index (χ4n) is 8.78. The van der Waals surface area contributed by atoms with Crippen molar-refractivity contribution in [3.05, 3.63) is 23.9 Å². The molecule has 2 aliphatic heterocycles. The second kappa shape index (κ2) is 15.3. The van der Waals surface area contributed by atoms with E-state index in [-0.39, 0.29) is 18.3 Å². The van der Waals surface area contributed by atoms with Crippen LogP contribution >= 0.6 is 0 Å². The highest BCUT2D eigenvalue weighted by Crippen LogP contribution is 2.53. The van der Waals surface area contributed by atoms with Gasteiger partial charge in [-0.15, -0.1) is 0 Å². The smallest absolute Gasteiger partial charge is 0.408 e. The van der Waals surface area contributed by atoms with Gasteiger partial charge in [0, 0.05) is 17.9 Å². The monoisotopic (exact) mass is 846 g/mol. The molecule has 3 aliphatic carbocycles. The first kappa shape index (κ1) is 42.8. The van der Waals surface area contributed by atoms with Crippen molar-refractivity contribution in [1.82, 2.24) is 30.2 Å². The second-order valence-corrected chi connectivity index (χ2v) is 20.7. The van der Waals surface area contributed by atoms with E-state index in [1.54, 1.807) is 45.9 Å². The second-order valence-electron chi connectivity index (χ2n) is 18.5. The third-order valence-electron chi connectivity index (χ3n) is 13.3. The molecule has 3 N–H and O–H groups in total. The Labute approximate surface area is 343 Å². The molecule has 3 heterocycles. The number of carbonyl (C=O) groups is 4. The van der Waals surface area contributed by atoms with Crippen LogP contribution < -0.4 is 24.8 Å². The number of alkyl halides is 2. The molecule has 15 nitrogen and oxygen atoms in total. The van der Waals surface area contributed by atoms with Crippen LogP contribution in [0, 0.1) is 23.2 Å². The Hall–Kier alpha value is -4.35. The highest BCUT2D eigenvalue weighted by Gasteiger charge is 2.68. The Balaban J connectivity index is 1.26. The van der Waals surface area contributed by atoms with Gasteiger partial charge in [0.15, 0.2) is 0 Å². The molecular formula is C41H56F2N6O9S. The summed E-state index contributed by atoms with van der Waals surface area (Å²) in [5.74, 6) is -4.47. The van der Waals surface area contributed by atoms with Gasteiger partial charge in [-0.1, -0.05) is 47.5 Å². The summed E-state index contributed by atoms with van der Waals surface area (Å²) >= 11 is 0. The van der Waals surface area contributed by atoms with Gasteiger partial charge in [0.2, 0.25) is 34.1 Å². The average molecular weight is 847 g/mol. The van der Waals surface area contributed by atoms with Crippen molar-refractivity contribution < 1.29 is 50.6 Å². The lowest BCUT2D eigenvalue weighted by Crippen LogP contribution is -2.61. The van der Waals surface area contributed by atoms with E-state index in [2.05, 4.69) is 10.6 Å². The number of methoxy groups -OCH3 is 1. The van der Waals surface area contributed by atoms with Crippen molar-refractivity contribution >= 4 is 44.9 Å². The molecule has 59 heavy (non-hydrogen) atoms. The van der Waals surface area contributed by atoms with Crippen LogP contribution in [0.5, 0.6) is 11.6 Å². The van der Waals surface area contributed by atoms with E-state index in [1.165, 1.54) is 18.9 Å². The largest absolute Gasteiger partial charge is 0.497 e. The van der Waals surface area contributed by atoms with Gasteiger partial charge in [-0.05, 0) is 75.8 Å². The highest BCUT2D eigenvalue weighted by molar-refractivity contribution is 7.91. The summed E-state index contributed by atoms with van der Waals surface area (Å²) in [6.07, 6.45) is 0.532. The van der Waals surface area contributed by atoms with E-state index in [0.29, 0.717) is 54.6 Å². The van der Waals surface area contributed by atoms with E-state index >= 15 is 0 Å². The topological polar surface area (TPSA) is 195 Å². The number of benzene rings is 1. The molecule has 1 aromatic carbocycles. The number of aromatic nitrogens is 2. The van der Waals surface area contributed by atoms with Crippen LogP contribution in [0.4, 0.5) is 13.6 Å². The maximum absolute atomic E-state index is 14.9. The molecule has 1 unspecified atom stereocenters. The number of hydrogen-bond acceptors (Lipinski definition) is 11. The molecule has 8 atom stereocenters. The lowest BCUT2D eigenvalue weighted by Gasteiger charge is -2.36. The number of nitrogens with one attached hydrogen (secondary N) is 3. The van der Waals surface area contributed by atoms with Gasteiger partial charge in [-0.2, -0.15) is 0 Å². The fraction of sp³-hybridized carbons (Fsp3) is 0.707. The molecule has 0 spiro atoms. The number of halogens is 2. The third-order valence-corrected chi connectivity index (χ3v) is 15.5. The summed E-state index contributed by atoms with van der Waals surface area (Å²) in [5.41, 5.74) is -2.13. The molecule has 4 amide bonds. The normalized spacial score (nSPS) is 32.0. The molecule has 5 aliphatic rings. The molecule has 1 saturated heterocycles. The number of sulfonamides is 1. The molecule has 2 aromatic rings. The number of alkyl carbamates (subject to hydrolysis) is 1. The number of fused-ring (bicyclic) bond motifs is 5. The zero-order valence-corrected chi connectivity index (χ0v) is 35.5. The van der Waals surface area contributed by atoms with Crippen molar-refractivity contribution in [3.8, 4) is 11.6 Å². The van der Waals surface area contributed by atoms with Gasteiger partial charge in [0.1, 0.15) is 40.8 Å². The quantitative estimate of drug-likeness (QED) is 0.331. The molecule has 0 radical (unpaired) electrons. The van der Waals surface area contributed by atoms with Crippen molar-refractivity contribution in [2.75, 3.05) is 13.7 Å². The van der Waals surface area contributed by atoms with E-state index in [4.69, 9.17) is 24.2 Å². The Bertz CT molecular complexity index is 2130. The van der Waals surface area contributed by atoms with E-state index in [1.807, 2.05) is 11.6 Å². The Morgan fingerprint density at radius 2 is 1.83 bits per heavy atom. The third kappa shape index (κ3) is 8.13. The summed E-state index contributed by atoms with van der Waals surface area (Å²) in [6.45, 7) is 10.1. The zero-order chi connectivity index (χ0) is 42.9. The average Bonchev–Trinajstić information content (AvgIpc) is 4.12. The van der Waals surface area contributed by atoms with Crippen LogP contribution in [0.2, 0.25) is 0 Å². The van der Waals surface area contributed by atoms with Crippen LogP contribution in [-0.2, 0) is 35.6 Å². The van der Waals surface area contributed by atoms with E-state index in [9.17, 15) is 36.4 Å². The SMILES string of the molecule is CC[C@]12C[C@@H]1CCCCCc1nc3ccc(OC)cc3nc1OC1CN(C(=O)[C@H](C(C)(C)C)NC(=O)O2)[C@H](C(=O)N[C@]2(C(=O)NS(=O)(=O)C3(C)CC3)C[C@H]2C(F)F)[C@@H]1C. The standard InChI is InChI=1S/C41H56F2N6O9S/c1-8-40-19-23(40)12-10-9-11-13-27-34(45-28-18-24(56-7)14-15-26(28)44-27)57-29-21-49(35(51)31(38(3,4)5)46-37(53)58-40)30(22(29)2)33(50)47-41(20-25(41)32(42)43)36(52)48-59(54,55)39(6)16-17-39/h14-15,18,22-23,25,29-32H,8-13,16-17,19-21H2,1-7H3,(H,46,53)(H,47,50)(H,48,52)/t22-,23+,25+,29?,30+,31-,40+,41-/m1/s1. The van der Waals surface area contributed by atoms with Crippen molar-refractivity contribution in [1.29, 1.82) is 0 Å². The molecule has 7 rings (SSSR count). The minimum absolute atomic E-state index is 0.162. The first-order valence-electron chi connectivity index (χ1n) is 20.7. The van der Waals surface area contributed by atoms with E-state index < -0.39 is 98.0 Å². The molecule has 4 fully saturated rings. The fourth-order valence-corrected chi connectivity index (χ4v) is 10.1. The number of ether oxygens (including phenoxy) is 3. The lowest BCUT2D eigenvalue weighted by atomic mass is 9.85. The molecule has 3 saturated carbocycles. The molecule has 324 valence electrons. The lowest BCUT2D eigenvalue weighted by molar-refractivity contribution is -0.143. The van der Waals surface area contributed by atoms with Crippen LogP contribution in [0.25, 0.3) is 11.0 Å². The summed E-state index contributed by atoms with van der Waals surface area (Å²) in [5, 5.41) is 5.28. The van der Waals surface area contributed by atoms with E-state index in [0.717, 1.165) is 25.7 Å². The first-order valence-corrected chi connectivity index (χ1v) is 22.1. The highest BCUT2D eigenvalue weighted by atomic mass is 32.2. The minimum atomic E-state index is -4.24. The van der Waals surface area contributed by atoms with Crippen molar-refractivity contribution in [3.63, 3.8) is 0 Å². The van der Waals surface area contributed by atoms with Gasteiger partial charge < -0.3 is 29.7 Å². The number of aryl methyl sites for hydroxylation is 1. The van der Waals surface area contributed by atoms with Crippen molar-refractivity contribution in [2.45, 2.75) is 146 Å². The predicted octanol–water partition coefficient (Wildman–Crippen LogP) is 4.80. The number of rotatable bonds is 8. The first-order chi connectivity index (χ1) is 27.7. The number of amides is 4. The van der Waals surface area contributed by atoms with Crippen LogP contribution in [0.1, 0.15) is 105 Å². The van der Waals surface area contributed by atoms with Crippen molar-refractivity contribution in [2.24, 2.45) is 23.2 Å². The van der Waals surface area contributed by atoms with Gasteiger partial charge in [-0.3, -0.25) is 19.1 Å². The summed E-state index contributed by atoms with van der Waals surface area (Å²) in [6, 6.07) is 2.68. The van der Waals surface area contributed by atoms with Crippen LogP contribution in [0.15, 0.2) is 18.2 Å². The maximum Gasteiger partial charge on any atom is 0.408 e. The molecule has 1 aromatic heterocycles. The zero-order valence-electron chi connectivity index (χ0n) is 34.7. The van der Waals surface area contributed by atoms with Crippen LogP contribution in [0.3, 0.4) is 0 Å². The Kier molecular flexibility index (Phi) is 11.1. The van der Waals surface area contributed by atoms with Gasteiger partial charge in [0.25, 0.3) is 5.91 Å². The number of nitrogens with zero attached hydrogens (tertiary/aromatic N) is 3. The minimum Gasteiger partial charge on any atom is -0.497 e. The Morgan fingerprint density at radius 1 is 1.10 bits per heavy atom. The number of hydrogen-bond donors (Lipinski definition) is 3. The number of carbonyl (C=O) groups excluding carboxylic acids is 4. The van der Waals surface area contributed by atoms with Gasteiger partial charge in [-0.25, -0.2) is 32.0 Å². The summed E-state index contributed by atoms with van der Waals surface area (Å²) in [4.78, 5) is 67.8. The molecule has 2 bridgehead atoms. The van der Waals surface area contributed by atoms with Gasteiger partial charge in [0.05, 0.1) is 35.4 Å². The predicted molar refractivity (Wildman–Crippen MR) is 211 cm³/mol. The van der Waals surface area contributed by atoms with Gasteiger partial charge >= 0.3 is 6.09 Å². The summed E-state index contributed by atoms with van der Waals surface area (Å²) in [7, 11) is -2.71. The summed E-state index contributed by atoms with van der Waals surface area (Å²) < 4.78 is 73.7. The maximum atomic E-state index is 14.9. The molecule has 18 heteroatoms. The Morgan fingerprint density at radius 3 is 2.46 bits per heavy atom. The van der Waals surface area contributed by atoms with Crippen LogP contribution in [-0.4, -0.2) is 101 Å². The molecular weight excluding hydrogens is 791 g/mol.